The molecule has 4 heteroatoms. The molecule has 19 heavy (non-hydrogen) atoms. The van der Waals surface area contributed by atoms with Crippen LogP contribution in [0.4, 0.5) is 13.2 Å². The third-order valence-electron chi connectivity index (χ3n) is 3.98. The molecule has 0 aliphatic heterocycles. The van der Waals surface area contributed by atoms with E-state index in [2.05, 4.69) is 17.4 Å². The predicted molar refractivity (Wildman–Crippen MR) is 70.1 cm³/mol. The molecule has 0 spiro atoms. The highest BCUT2D eigenvalue weighted by atomic mass is 19.4. The van der Waals surface area contributed by atoms with Gasteiger partial charge in [0.05, 0.1) is 0 Å². The summed E-state index contributed by atoms with van der Waals surface area (Å²) < 4.78 is 36.8. The molecule has 1 fully saturated rings. The van der Waals surface area contributed by atoms with E-state index in [4.69, 9.17) is 0 Å². The zero-order valence-electron chi connectivity index (χ0n) is 11.1. The topological polar surface area (TPSA) is 12.0 Å². The molecule has 1 saturated carbocycles. The Morgan fingerprint density at radius 3 is 2.26 bits per heavy atom. The van der Waals surface area contributed by atoms with Gasteiger partial charge < -0.3 is 5.32 Å². The van der Waals surface area contributed by atoms with Crippen molar-refractivity contribution >= 4 is 0 Å². The van der Waals surface area contributed by atoms with Gasteiger partial charge in [-0.3, -0.25) is 0 Å². The van der Waals surface area contributed by atoms with Gasteiger partial charge in [-0.2, -0.15) is 13.2 Å². The lowest BCUT2D eigenvalue weighted by atomic mass is 9.80. The van der Waals surface area contributed by atoms with E-state index in [1.165, 1.54) is 24.8 Å². The Morgan fingerprint density at radius 2 is 1.84 bits per heavy atom. The van der Waals surface area contributed by atoms with Crippen LogP contribution < -0.4 is 5.32 Å². The Labute approximate surface area is 112 Å². The van der Waals surface area contributed by atoms with E-state index >= 15 is 0 Å². The lowest BCUT2D eigenvalue weighted by Crippen LogP contribution is -2.19. The summed E-state index contributed by atoms with van der Waals surface area (Å²) in [5, 5.41) is 2.97. The van der Waals surface area contributed by atoms with E-state index in [0.29, 0.717) is 5.92 Å². The fourth-order valence-electron chi connectivity index (χ4n) is 2.53. The van der Waals surface area contributed by atoms with Crippen molar-refractivity contribution in [2.45, 2.75) is 50.2 Å². The zero-order valence-corrected chi connectivity index (χ0v) is 11.1. The van der Waals surface area contributed by atoms with Crippen molar-refractivity contribution in [2.75, 3.05) is 7.05 Å². The Bertz CT molecular complexity index is 393. The average Bonchev–Trinajstić information content (AvgIpc) is 2.28. The molecular formula is C15H20F3N. The van der Waals surface area contributed by atoms with Gasteiger partial charge in [-0.1, -0.05) is 30.7 Å². The minimum Gasteiger partial charge on any atom is -0.313 e. The second-order valence-corrected chi connectivity index (χ2v) is 5.29. The fraction of sp³-hybridized carbons (Fsp3) is 0.600. The molecule has 2 rings (SSSR count). The molecule has 0 aromatic heterocycles. The zero-order chi connectivity index (χ0) is 13.9. The summed E-state index contributed by atoms with van der Waals surface area (Å²) >= 11 is 0. The molecule has 1 atom stereocenters. The first-order valence-corrected chi connectivity index (χ1v) is 6.83. The highest BCUT2D eigenvalue weighted by Gasteiger charge is 2.28. The Morgan fingerprint density at radius 1 is 1.21 bits per heavy atom. The first-order valence-electron chi connectivity index (χ1n) is 6.83. The summed E-state index contributed by atoms with van der Waals surface area (Å²) in [6, 6.07) is 7.84. The predicted octanol–water partition coefficient (Wildman–Crippen LogP) is 4.56. The van der Waals surface area contributed by atoms with Gasteiger partial charge in [-0.15, -0.1) is 0 Å². The van der Waals surface area contributed by atoms with Crippen LogP contribution in [0, 0.1) is 0 Å². The number of benzene rings is 1. The molecule has 0 radical (unpaired) electrons. The molecule has 0 bridgehead atoms. The van der Waals surface area contributed by atoms with Gasteiger partial charge in [0, 0.05) is 12.5 Å². The number of hydrogen-bond acceptors (Lipinski definition) is 1. The lowest BCUT2D eigenvalue weighted by molar-refractivity contribution is -0.136. The van der Waals surface area contributed by atoms with Crippen LogP contribution in [-0.4, -0.2) is 13.2 Å². The highest BCUT2D eigenvalue weighted by molar-refractivity contribution is 5.28. The van der Waals surface area contributed by atoms with E-state index < -0.39 is 12.6 Å². The molecule has 1 aromatic carbocycles. The number of nitrogens with one attached hydrogen (secondary N) is 1. The summed E-state index contributed by atoms with van der Waals surface area (Å²) in [7, 11) is 1.71. The SMILES string of the molecule is CNC(CCC(F)(F)F)c1ccc(C2CCC2)cc1. The Balaban J connectivity index is 1.97. The molecule has 0 heterocycles. The van der Waals surface area contributed by atoms with Crippen LogP contribution in [0.25, 0.3) is 0 Å². The third-order valence-corrected chi connectivity index (χ3v) is 3.98. The minimum absolute atomic E-state index is 0.0861. The standard InChI is InChI=1S/C15H20F3N/c1-19-14(9-10-15(16,17)18)13-7-5-12(6-8-13)11-3-2-4-11/h5-8,11,14,19H,2-4,9-10H2,1H3. The molecule has 0 saturated heterocycles. The lowest BCUT2D eigenvalue weighted by Gasteiger charge is -2.26. The molecule has 1 aromatic rings. The quantitative estimate of drug-likeness (QED) is 0.828. The maximum Gasteiger partial charge on any atom is 0.389 e. The minimum atomic E-state index is -4.08. The second kappa shape index (κ2) is 5.95. The average molecular weight is 271 g/mol. The van der Waals surface area contributed by atoms with Crippen molar-refractivity contribution in [1.29, 1.82) is 0 Å². The van der Waals surface area contributed by atoms with Crippen LogP contribution in [0.15, 0.2) is 24.3 Å². The van der Waals surface area contributed by atoms with Gasteiger partial charge in [0.1, 0.15) is 0 Å². The highest BCUT2D eigenvalue weighted by Crippen LogP contribution is 2.36. The Hall–Kier alpha value is -1.03. The van der Waals surface area contributed by atoms with E-state index in [0.717, 1.165) is 5.56 Å². The summed E-state index contributed by atoms with van der Waals surface area (Å²) in [4.78, 5) is 0. The van der Waals surface area contributed by atoms with E-state index in [1.54, 1.807) is 7.05 Å². The number of alkyl halides is 3. The molecule has 1 nitrogen and oxygen atoms in total. The van der Waals surface area contributed by atoms with E-state index in [9.17, 15) is 13.2 Å². The van der Waals surface area contributed by atoms with Crippen LogP contribution in [0.3, 0.4) is 0 Å². The van der Waals surface area contributed by atoms with E-state index in [-0.39, 0.29) is 12.5 Å². The van der Waals surface area contributed by atoms with Crippen molar-refractivity contribution in [3.63, 3.8) is 0 Å². The van der Waals surface area contributed by atoms with Crippen molar-refractivity contribution in [1.82, 2.24) is 5.32 Å². The molecule has 1 aliphatic rings. The van der Waals surface area contributed by atoms with E-state index in [1.807, 2.05) is 12.1 Å². The van der Waals surface area contributed by atoms with Gasteiger partial charge in [-0.05, 0) is 43.4 Å². The fourth-order valence-corrected chi connectivity index (χ4v) is 2.53. The number of hydrogen-bond donors (Lipinski definition) is 1. The molecule has 1 N–H and O–H groups in total. The third kappa shape index (κ3) is 3.96. The first kappa shape index (κ1) is 14.4. The van der Waals surface area contributed by atoms with Gasteiger partial charge in [0.25, 0.3) is 0 Å². The van der Waals surface area contributed by atoms with Gasteiger partial charge in [0.2, 0.25) is 0 Å². The summed E-state index contributed by atoms with van der Waals surface area (Å²) in [5.74, 6) is 0.664. The monoisotopic (exact) mass is 271 g/mol. The second-order valence-electron chi connectivity index (χ2n) is 5.29. The smallest absolute Gasteiger partial charge is 0.313 e. The van der Waals surface area contributed by atoms with Crippen molar-refractivity contribution < 1.29 is 13.2 Å². The molecule has 106 valence electrons. The summed E-state index contributed by atoms with van der Waals surface area (Å²) in [6.45, 7) is 0. The Kier molecular flexibility index (Phi) is 4.50. The summed E-state index contributed by atoms with van der Waals surface area (Å²) in [5.41, 5.74) is 2.26. The molecule has 0 amide bonds. The first-order chi connectivity index (χ1) is 8.99. The van der Waals surface area contributed by atoms with Crippen LogP contribution in [0.2, 0.25) is 0 Å². The van der Waals surface area contributed by atoms with Crippen molar-refractivity contribution in [3.05, 3.63) is 35.4 Å². The van der Waals surface area contributed by atoms with Gasteiger partial charge >= 0.3 is 6.18 Å². The van der Waals surface area contributed by atoms with Crippen LogP contribution in [-0.2, 0) is 0 Å². The number of rotatable bonds is 5. The van der Waals surface area contributed by atoms with Gasteiger partial charge in [0.15, 0.2) is 0 Å². The molecule has 1 aliphatic carbocycles. The van der Waals surface area contributed by atoms with Gasteiger partial charge in [-0.25, -0.2) is 0 Å². The maximum absolute atomic E-state index is 12.3. The van der Waals surface area contributed by atoms with Crippen molar-refractivity contribution in [3.8, 4) is 0 Å². The van der Waals surface area contributed by atoms with Crippen LogP contribution in [0.1, 0.15) is 55.2 Å². The van der Waals surface area contributed by atoms with Crippen LogP contribution >= 0.6 is 0 Å². The van der Waals surface area contributed by atoms with Crippen LogP contribution in [0.5, 0.6) is 0 Å². The normalized spacial score (nSPS) is 18.1. The number of halogens is 3. The van der Waals surface area contributed by atoms with Crippen molar-refractivity contribution in [2.24, 2.45) is 0 Å². The summed E-state index contributed by atoms with van der Waals surface area (Å²) in [6.07, 6.45) is -0.977. The largest absolute Gasteiger partial charge is 0.389 e. The molecule has 1 unspecified atom stereocenters. The maximum atomic E-state index is 12.3. The molecular weight excluding hydrogens is 251 g/mol.